The van der Waals surface area contributed by atoms with Gasteiger partial charge in [-0.25, -0.2) is 13.1 Å². The van der Waals surface area contributed by atoms with E-state index in [2.05, 4.69) is 20.7 Å². The van der Waals surface area contributed by atoms with Crippen LogP contribution in [0.2, 0.25) is 0 Å². The standard InChI is InChI=1S/C12H17BrN2O3S/c1-15(2)5-4-14-19(16,17)11-8-10(13)7-9-3-6-18-12(9)11/h7-8,14H,3-6H2,1-2H3. The molecule has 0 saturated heterocycles. The van der Waals surface area contributed by atoms with Gasteiger partial charge in [0.15, 0.2) is 0 Å². The van der Waals surface area contributed by atoms with E-state index >= 15 is 0 Å². The summed E-state index contributed by atoms with van der Waals surface area (Å²) >= 11 is 3.34. The number of nitrogens with one attached hydrogen (secondary N) is 1. The van der Waals surface area contributed by atoms with E-state index in [0.717, 1.165) is 16.5 Å². The van der Waals surface area contributed by atoms with Gasteiger partial charge in [-0.05, 0) is 26.2 Å². The number of fused-ring (bicyclic) bond motifs is 1. The van der Waals surface area contributed by atoms with Crippen molar-refractivity contribution in [1.29, 1.82) is 0 Å². The Morgan fingerprint density at radius 3 is 2.84 bits per heavy atom. The zero-order chi connectivity index (χ0) is 14.0. The van der Waals surface area contributed by atoms with Crippen molar-refractivity contribution in [3.05, 3.63) is 22.2 Å². The Balaban J connectivity index is 2.26. The third-order valence-corrected chi connectivity index (χ3v) is 4.78. The Morgan fingerprint density at radius 2 is 2.16 bits per heavy atom. The number of nitrogens with zero attached hydrogens (tertiary/aromatic N) is 1. The number of hydrogen-bond donors (Lipinski definition) is 1. The number of likely N-dealkylation sites (N-methyl/N-ethyl adjacent to an activating group) is 1. The molecule has 0 radical (unpaired) electrons. The highest BCUT2D eigenvalue weighted by Crippen LogP contribution is 2.35. The van der Waals surface area contributed by atoms with E-state index in [-0.39, 0.29) is 4.90 Å². The van der Waals surface area contributed by atoms with Crippen LogP contribution in [0.4, 0.5) is 0 Å². The van der Waals surface area contributed by atoms with Crippen LogP contribution < -0.4 is 9.46 Å². The molecule has 0 unspecified atom stereocenters. The van der Waals surface area contributed by atoms with Crippen molar-refractivity contribution < 1.29 is 13.2 Å². The summed E-state index contributed by atoms with van der Waals surface area (Å²) in [4.78, 5) is 2.14. The van der Waals surface area contributed by atoms with Gasteiger partial charge in [0, 0.05) is 29.5 Å². The summed E-state index contributed by atoms with van der Waals surface area (Å²) in [6, 6.07) is 3.49. The molecule has 0 saturated carbocycles. The summed E-state index contributed by atoms with van der Waals surface area (Å²) in [5.41, 5.74) is 0.933. The zero-order valence-electron chi connectivity index (χ0n) is 10.9. The first-order chi connectivity index (χ1) is 8.90. The summed E-state index contributed by atoms with van der Waals surface area (Å²) in [6.07, 6.45) is 0.745. The zero-order valence-corrected chi connectivity index (χ0v) is 13.3. The van der Waals surface area contributed by atoms with Crippen molar-refractivity contribution in [1.82, 2.24) is 9.62 Å². The van der Waals surface area contributed by atoms with Crippen LogP contribution in [0.15, 0.2) is 21.5 Å². The number of sulfonamides is 1. The lowest BCUT2D eigenvalue weighted by Crippen LogP contribution is -2.31. The molecule has 0 aromatic heterocycles. The molecule has 106 valence electrons. The van der Waals surface area contributed by atoms with Crippen molar-refractivity contribution >= 4 is 26.0 Å². The normalized spacial score (nSPS) is 14.5. The predicted molar refractivity (Wildman–Crippen MR) is 77.1 cm³/mol. The molecule has 1 aliphatic rings. The van der Waals surface area contributed by atoms with Crippen LogP contribution in [-0.2, 0) is 16.4 Å². The molecule has 0 atom stereocenters. The lowest BCUT2D eigenvalue weighted by atomic mass is 10.2. The second-order valence-corrected chi connectivity index (χ2v) is 7.34. The molecular formula is C12H17BrN2O3S. The lowest BCUT2D eigenvalue weighted by molar-refractivity contribution is 0.348. The van der Waals surface area contributed by atoms with Crippen LogP contribution in [0.1, 0.15) is 5.56 Å². The summed E-state index contributed by atoms with van der Waals surface area (Å²) in [6.45, 7) is 1.55. The smallest absolute Gasteiger partial charge is 0.244 e. The molecule has 0 spiro atoms. The third-order valence-electron chi connectivity index (χ3n) is 2.85. The summed E-state index contributed by atoms with van der Waals surface area (Å²) < 4.78 is 33.4. The van der Waals surface area contributed by atoms with Crippen LogP contribution in [-0.4, -0.2) is 47.1 Å². The van der Waals surface area contributed by atoms with E-state index in [0.29, 0.717) is 25.4 Å². The molecule has 1 heterocycles. The number of benzene rings is 1. The monoisotopic (exact) mass is 348 g/mol. The first kappa shape index (κ1) is 14.8. The molecule has 5 nitrogen and oxygen atoms in total. The summed E-state index contributed by atoms with van der Waals surface area (Å²) in [5, 5.41) is 0. The molecule has 19 heavy (non-hydrogen) atoms. The quantitative estimate of drug-likeness (QED) is 0.869. The van der Waals surface area contributed by atoms with Gasteiger partial charge in [0.25, 0.3) is 0 Å². The van der Waals surface area contributed by atoms with Crippen LogP contribution in [0.5, 0.6) is 5.75 Å². The van der Waals surface area contributed by atoms with E-state index in [9.17, 15) is 8.42 Å². The Morgan fingerprint density at radius 1 is 1.42 bits per heavy atom. The molecule has 1 aromatic rings. The maximum absolute atomic E-state index is 12.3. The van der Waals surface area contributed by atoms with Crippen molar-refractivity contribution in [3.63, 3.8) is 0 Å². The van der Waals surface area contributed by atoms with Crippen LogP contribution in [0.25, 0.3) is 0 Å². The van der Waals surface area contributed by atoms with Gasteiger partial charge in [-0.2, -0.15) is 0 Å². The number of hydrogen-bond acceptors (Lipinski definition) is 4. The van der Waals surface area contributed by atoms with Crippen molar-refractivity contribution in [2.24, 2.45) is 0 Å². The van der Waals surface area contributed by atoms with E-state index in [1.165, 1.54) is 0 Å². The lowest BCUT2D eigenvalue weighted by Gasteiger charge is -2.13. The van der Waals surface area contributed by atoms with Crippen LogP contribution >= 0.6 is 15.9 Å². The molecule has 1 N–H and O–H groups in total. The molecule has 2 rings (SSSR count). The van der Waals surface area contributed by atoms with Crippen molar-refractivity contribution in [3.8, 4) is 5.75 Å². The fourth-order valence-corrected chi connectivity index (χ4v) is 3.80. The molecule has 0 bridgehead atoms. The Bertz CT molecular complexity index is 573. The van der Waals surface area contributed by atoms with Crippen molar-refractivity contribution in [2.75, 3.05) is 33.8 Å². The minimum Gasteiger partial charge on any atom is -0.492 e. The van der Waals surface area contributed by atoms with Crippen LogP contribution in [0.3, 0.4) is 0 Å². The van der Waals surface area contributed by atoms with E-state index < -0.39 is 10.0 Å². The molecule has 7 heteroatoms. The second-order valence-electron chi connectivity index (χ2n) is 4.69. The van der Waals surface area contributed by atoms with E-state index in [4.69, 9.17) is 4.74 Å². The molecule has 0 aliphatic carbocycles. The van der Waals surface area contributed by atoms with E-state index in [1.807, 2.05) is 25.1 Å². The average molecular weight is 349 g/mol. The molecule has 0 amide bonds. The summed E-state index contributed by atoms with van der Waals surface area (Å²) in [7, 11) is 0.259. The molecule has 0 fully saturated rings. The molecular weight excluding hydrogens is 332 g/mol. The van der Waals surface area contributed by atoms with Gasteiger partial charge in [0.1, 0.15) is 10.6 Å². The van der Waals surface area contributed by atoms with Gasteiger partial charge in [-0.1, -0.05) is 15.9 Å². The van der Waals surface area contributed by atoms with Gasteiger partial charge in [0.05, 0.1) is 6.61 Å². The first-order valence-electron chi connectivity index (χ1n) is 6.00. The Hall–Kier alpha value is -0.630. The minimum atomic E-state index is -3.54. The largest absolute Gasteiger partial charge is 0.492 e. The Kier molecular flexibility index (Phi) is 4.50. The highest BCUT2D eigenvalue weighted by Gasteiger charge is 2.25. The van der Waals surface area contributed by atoms with Crippen molar-refractivity contribution in [2.45, 2.75) is 11.3 Å². The fourth-order valence-electron chi connectivity index (χ4n) is 1.92. The summed E-state index contributed by atoms with van der Waals surface area (Å²) in [5.74, 6) is 0.487. The van der Waals surface area contributed by atoms with Gasteiger partial charge < -0.3 is 9.64 Å². The second kappa shape index (κ2) is 5.78. The van der Waals surface area contributed by atoms with E-state index in [1.54, 1.807) is 6.07 Å². The third kappa shape index (κ3) is 3.47. The first-order valence-corrected chi connectivity index (χ1v) is 8.27. The molecule has 1 aliphatic heterocycles. The highest BCUT2D eigenvalue weighted by atomic mass is 79.9. The number of ether oxygens (including phenoxy) is 1. The topological polar surface area (TPSA) is 58.6 Å². The fraction of sp³-hybridized carbons (Fsp3) is 0.500. The van der Waals surface area contributed by atoms with Crippen LogP contribution in [0, 0.1) is 0 Å². The van der Waals surface area contributed by atoms with Gasteiger partial charge in [-0.3, -0.25) is 0 Å². The number of halogens is 1. The predicted octanol–water partition coefficient (Wildman–Crippen LogP) is 1.22. The average Bonchev–Trinajstić information content (AvgIpc) is 2.74. The van der Waals surface area contributed by atoms with Gasteiger partial charge in [-0.15, -0.1) is 0 Å². The maximum Gasteiger partial charge on any atom is 0.244 e. The van der Waals surface area contributed by atoms with Gasteiger partial charge >= 0.3 is 0 Å². The minimum absolute atomic E-state index is 0.216. The Labute approximate surface area is 122 Å². The highest BCUT2D eigenvalue weighted by molar-refractivity contribution is 9.10. The SMILES string of the molecule is CN(C)CCNS(=O)(=O)c1cc(Br)cc2c1OCC2. The molecule has 1 aromatic carbocycles. The maximum atomic E-state index is 12.3. The van der Waals surface area contributed by atoms with Gasteiger partial charge in [0.2, 0.25) is 10.0 Å². The number of rotatable bonds is 5.